The summed E-state index contributed by atoms with van der Waals surface area (Å²) in [6.45, 7) is 6.86. The zero-order valence-electron chi connectivity index (χ0n) is 10.5. The lowest BCUT2D eigenvalue weighted by Gasteiger charge is -2.12. The van der Waals surface area contributed by atoms with Crippen LogP contribution in [-0.2, 0) is 0 Å². The van der Waals surface area contributed by atoms with E-state index < -0.39 is 0 Å². The average molecular weight is 232 g/mol. The molecule has 2 nitrogen and oxygen atoms in total. The molecule has 1 N–H and O–H groups in total. The summed E-state index contributed by atoms with van der Waals surface area (Å²) in [6, 6.07) is 5.25. The molecule has 3 heteroatoms. The van der Waals surface area contributed by atoms with Gasteiger partial charge in [-0.3, -0.25) is 0 Å². The topological polar surface area (TPSA) is 24.9 Å². The average Bonchev–Trinajstić information content (AvgIpc) is 2.30. The van der Waals surface area contributed by atoms with Crippen LogP contribution in [-0.4, -0.2) is 11.5 Å². The monoisotopic (exact) mass is 232 g/mol. The lowest BCUT2D eigenvalue weighted by Crippen LogP contribution is -2.03. The van der Waals surface area contributed by atoms with Crippen LogP contribution in [0.15, 0.2) is 18.2 Å². The van der Waals surface area contributed by atoms with Crippen molar-refractivity contribution in [1.82, 2.24) is 4.98 Å². The number of nitrogens with one attached hydrogen (secondary N) is 1. The molecule has 0 bridgehead atoms. The van der Waals surface area contributed by atoms with Crippen molar-refractivity contribution in [2.75, 3.05) is 11.9 Å². The quantitative estimate of drug-likeness (QED) is 0.870. The van der Waals surface area contributed by atoms with Gasteiger partial charge in [-0.15, -0.1) is 0 Å². The van der Waals surface area contributed by atoms with Gasteiger partial charge in [0.25, 0.3) is 0 Å². The zero-order valence-corrected chi connectivity index (χ0v) is 10.5. The number of fused-ring (bicyclic) bond motifs is 1. The molecule has 2 aromatic rings. The first-order chi connectivity index (χ1) is 8.13. The van der Waals surface area contributed by atoms with Crippen LogP contribution in [0.3, 0.4) is 0 Å². The molecule has 0 unspecified atom stereocenters. The number of aryl methyl sites for hydroxylation is 2. The predicted molar refractivity (Wildman–Crippen MR) is 70.0 cm³/mol. The summed E-state index contributed by atoms with van der Waals surface area (Å²) < 4.78 is 13.8. The Morgan fingerprint density at radius 3 is 2.76 bits per heavy atom. The molecule has 0 amide bonds. The first-order valence-corrected chi connectivity index (χ1v) is 5.93. The van der Waals surface area contributed by atoms with Crippen molar-refractivity contribution in [3.05, 3.63) is 35.3 Å². The number of anilines is 1. The number of hydrogen-bond donors (Lipinski definition) is 1. The summed E-state index contributed by atoms with van der Waals surface area (Å²) in [4.78, 5) is 4.29. The van der Waals surface area contributed by atoms with Crippen LogP contribution < -0.4 is 5.32 Å². The van der Waals surface area contributed by atoms with Gasteiger partial charge >= 0.3 is 0 Å². The van der Waals surface area contributed by atoms with Crippen LogP contribution in [0.2, 0.25) is 0 Å². The van der Waals surface area contributed by atoms with Crippen LogP contribution in [0.5, 0.6) is 0 Å². The van der Waals surface area contributed by atoms with Crippen molar-refractivity contribution in [3.63, 3.8) is 0 Å². The molecule has 0 saturated carbocycles. The fourth-order valence-electron chi connectivity index (χ4n) is 2.00. The minimum atomic E-state index is -0.256. The van der Waals surface area contributed by atoms with Crippen molar-refractivity contribution < 1.29 is 4.39 Å². The van der Waals surface area contributed by atoms with Crippen LogP contribution in [0.1, 0.15) is 24.6 Å². The number of aromatic nitrogens is 1. The summed E-state index contributed by atoms with van der Waals surface area (Å²) in [5.74, 6) is -0.256. The maximum atomic E-state index is 13.8. The summed E-state index contributed by atoms with van der Waals surface area (Å²) in [7, 11) is 0. The van der Waals surface area contributed by atoms with Crippen LogP contribution >= 0.6 is 0 Å². The molecule has 17 heavy (non-hydrogen) atoms. The van der Waals surface area contributed by atoms with Gasteiger partial charge in [0.05, 0.1) is 0 Å². The van der Waals surface area contributed by atoms with E-state index in [-0.39, 0.29) is 5.82 Å². The first-order valence-electron chi connectivity index (χ1n) is 5.93. The number of hydrogen-bond acceptors (Lipinski definition) is 2. The molecule has 0 saturated heterocycles. The van der Waals surface area contributed by atoms with E-state index in [2.05, 4.69) is 17.2 Å². The third-order valence-corrected chi connectivity index (χ3v) is 2.81. The highest BCUT2D eigenvalue weighted by molar-refractivity contribution is 5.94. The minimum Gasteiger partial charge on any atom is -0.384 e. The Balaban J connectivity index is 2.68. The second kappa shape index (κ2) is 4.70. The maximum absolute atomic E-state index is 13.8. The molecule has 0 radical (unpaired) electrons. The molecule has 0 spiro atoms. The van der Waals surface area contributed by atoms with Gasteiger partial charge in [0.15, 0.2) is 0 Å². The summed E-state index contributed by atoms with van der Waals surface area (Å²) in [5, 5.41) is 4.23. The number of rotatable bonds is 3. The number of benzene rings is 1. The molecular formula is C14H17FN2. The van der Waals surface area contributed by atoms with E-state index in [4.69, 9.17) is 0 Å². The standard InChI is InChI=1S/C14H17FN2/c1-4-7-16-12-8-10(3)17-14-11(15)6-5-9(2)13(12)14/h5-6,8H,4,7H2,1-3H3,(H,16,17). The molecule has 0 aliphatic rings. The van der Waals surface area contributed by atoms with Crippen molar-refractivity contribution in [2.45, 2.75) is 27.2 Å². The van der Waals surface area contributed by atoms with Gasteiger partial charge in [-0.05, 0) is 38.0 Å². The Labute approximate surface area is 101 Å². The highest BCUT2D eigenvalue weighted by atomic mass is 19.1. The van der Waals surface area contributed by atoms with E-state index in [1.807, 2.05) is 19.9 Å². The molecule has 90 valence electrons. The molecular weight excluding hydrogens is 215 g/mol. The van der Waals surface area contributed by atoms with Gasteiger partial charge in [-0.2, -0.15) is 0 Å². The van der Waals surface area contributed by atoms with Gasteiger partial charge in [-0.25, -0.2) is 9.37 Å². The first kappa shape index (κ1) is 11.8. The highest BCUT2D eigenvalue weighted by Gasteiger charge is 2.10. The van der Waals surface area contributed by atoms with Crippen molar-refractivity contribution in [3.8, 4) is 0 Å². The largest absolute Gasteiger partial charge is 0.384 e. The molecule has 0 aliphatic heterocycles. The Morgan fingerprint density at radius 2 is 2.06 bits per heavy atom. The Morgan fingerprint density at radius 1 is 1.29 bits per heavy atom. The van der Waals surface area contributed by atoms with Crippen LogP contribution in [0.4, 0.5) is 10.1 Å². The summed E-state index contributed by atoms with van der Waals surface area (Å²) >= 11 is 0. The second-order valence-corrected chi connectivity index (χ2v) is 4.33. The maximum Gasteiger partial charge on any atom is 0.149 e. The molecule has 1 aromatic heterocycles. The number of pyridine rings is 1. The van der Waals surface area contributed by atoms with Gasteiger partial charge in [-0.1, -0.05) is 13.0 Å². The zero-order chi connectivity index (χ0) is 12.4. The van der Waals surface area contributed by atoms with Crippen molar-refractivity contribution in [2.24, 2.45) is 0 Å². The van der Waals surface area contributed by atoms with Gasteiger partial charge in [0, 0.05) is 23.3 Å². The Bertz CT molecular complexity index is 549. The van der Waals surface area contributed by atoms with E-state index in [9.17, 15) is 4.39 Å². The lowest BCUT2D eigenvalue weighted by atomic mass is 10.1. The van der Waals surface area contributed by atoms with Crippen LogP contribution in [0, 0.1) is 19.7 Å². The third kappa shape index (κ3) is 2.23. The Hall–Kier alpha value is -1.64. The van der Waals surface area contributed by atoms with Crippen molar-refractivity contribution in [1.29, 1.82) is 0 Å². The predicted octanol–water partition coefficient (Wildman–Crippen LogP) is 3.81. The van der Waals surface area contributed by atoms with Crippen molar-refractivity contribution >= 4 is 16.6 Å². The summed E-state index contributed by atoms with van der Waals surface area (Å²) in [5.41, 5.74) is 3.32. The molecule has 0 aliphatic carbocycles. The second-order valence-electron chi connectivity index (χ2n) is 4.33. The highest BCUT2D eigenvalue weighted by Crippen LogP contribution is 2.28. The van der Waals surface area contributed by atoms with Gasteiger partial charge in [0.2, 0.25) is 0 Å². The van der Waals surface area contributed by atoms with E-state index in [0.29, 0.717) is 5.52 Å². The molecule has 1 heterocycles. The van der Waals surface area contributed by atoms with Gasteiger partial charge in [0.1, 0.15) is 11.3 Å². The summed E-state index contributed by atoms with van der Waals surface area (Å²) in [6.07, 6.45) is 1.04. The normalized spacial score (nSPS) is 10.8. The van der Waals surface area contributed by atoms with E-state index >= 15 is 0 Å². The molecule has 1 aromatic carbocycles. The minimum absolute atomic E-state index is 0.256. The Kier molecular flexibility index (Phi) is 3.27. The molecule has 0 fully saturated rings. The van der Waals surface area contributed by atoms with E-state index in [1.165, 1.54) is 6.07 Å². The smallest absolute Gasteiger partial charge is 0.149 e. The lowest BCUT2D eigenvalue weighted by molar-refractivity contribution is 0.636. The molecule has 0 atom stereocenters. The fraction of sp³-hybridized carbons (Fsp3) is 0.357. The molecule has 2 rings (SSSR count). The van der Waals surface area contributed by atoms with E-state index in [0.717, 1.165) is 35.3 Å². The number of halogens is 1. The van der Waals surface area contributed by atoms with Crippen LogP contribution in [0.25, 0.3) is 10.9 Å². The number of nitrogens with zero attached hydrogens (tertiary/aromatic N) is 1. The third-order valence-electron chi connectivity index (χ3n) is 2.81. The van der Waals surface area contributed by atoms with E-state index in [1.54, 1.807) is 6.07 Å². The fourth-order valence-corrected chi connectivity index (χ4v) is 2.00. The van der Waals surface area contributed by atoms with Gasteiger partial charge < -0.3 is 5.32 Å². The SMILES string of the molecule is CCCNc1cc(C)nc2c(F)ccc(C)c12.